The molecular formula is C26H21F3N6O2S. The van der Waals surface area contributed by atoms with Crippen molar-refractivity contribution < 1.29 is 22.7 Å². The predicted octanol–water partition coefficient (Wildman–Crippen LogP) is 5.43. The van der Waals surface area contributed by atoms with Gasteiger partial charge < -0.3 is 10.5 Å². The molecule has 0 spiro atoms. The van der Waals surface area contributed by atoms with Crippen LogP contribution in [0.25, 0.3) is 0 Å². The van der Waals surface area contributed by atoms with E-state index < -0.39 is 6.36 Å². The molecule has 0 aliphatic carbocycles. The Kier molecular flexibility index (Phi) is 8.22. The minimum atomic E-state index is -4.75. The largest absolute Gasteiger partial charge is 0.573 e. The lowest BCUT2D eigenvalue weighted by Crippen LogP contribution is -2.29. The molecule has 8 nitrogen and oxygen atoms in total. The van der Waals surface area contributed by atoms with Gasteiger partial charge in [-0.3, -0.25) is 9.69 Å². The number of amides is 1. The molecule has 4 rings (SSSR count). The third-order valence-electron chi connectivity index (χ3n) is 5.15. The van der Waals surface area contributed by atoms with Crippen LogP contribution >= 0.6 is 11.8 Å². The third kappa shape index (κ3) is 7.07. The smallest absolute Gasteiger partial charge is 0.406 e. The summed E-state index contributed by atoms with van der Waals surface area (Å²) < 4.78 is 40.5. The highest BCUT2D eigenvalue weighted by Gasteiger charge is 2.31. The number of carbonyl (C=O) groups excluding carboxylic acids is 1. The maximum absolute atomic E-state index is 12.4. The number of hydrogen-bond acceptors (Lipinski definition) is 6. The molecular weight excluding hydrogens is 517 g/mol. The van der Waals surface area contributed by atoms with Gasteiger partial charge in [-0.1, -0.05) is 54.2 Å². The first-order valence-electron chi connectivity index (χ1n) is 11.1. The minimum absolute atomic E-state index is 0.0478. The van der Waals surface area contributed by atoms with E-state index in [9.17, 15) is 18.0 Å². The van der Waals surface area contributed by atoms with Crippen LogP contribution in [-0.4, -0.2) is 41.6 Å². The topological polar surface area (TPSA) is 105 Å². The van der Waals surface area contributed by atoms with Crippen LogP contribution in [0.1, 0.15) is 16.7 Å². The Morgan fingerprint density at radius 2 is 1.76 bits per heavy atom. The lowest BCUT2D eigenvalue weighted by atomic mass is 10.1. The van der Waals surface area contributed by atoms with Crippen molar-refractivity contribution in [2.45, 2.75) is 13.3 Å². The first-order chi connectivity index (χ1) is 18.2. The highest BCUT2D eigenvalue weighted by Crippen LogP contribution is 2.29. The number of halogens is 3. The molecule has 1 fully saturated rings. The van der Waals surface area contributed by atoms with Gasteiger partial charge in [-0.05, 0) is 48.4 Å². The maximum Gasteiger partial charge on any atom is 0.573 e. The van der Waals surface area contributed by atoms with Gasteiger partial charge in [0.1, 0.15) is 17.9 Å². The molecule has 1 saturated heterocycles. The first-order valence-corrected chi connectivity index (χ1v) is 12.1. The number of anilines is 1. The zero-order valence-electron chi connectivity index (χ0n) is 20.0. The molecule has 12 heteroatoms. The van der Waals surface area contributed by atoms with Crippen LogP contribution in [0, 0.1) is 6.92 Å². The number of para-hydroxylation sites is 1. The number of benzene rings is 3. The highest BCUT2D eigenvalue weighted by atomic mass is 32.2. The standard InChI is InChI=1S/C26H21F3N6O2S/c1-17-4-2-3-5-22(17)35-23(36)15-38-25(35)34-33-14-18-6-8-19(9-7-18)24(30)32-16-31-20-10-12-21(13-11-20)37-26(27,28)29/h2-14,16H,15H2,1H3,(H2,30,31,32)/b33-14-,34-25+. The van der Waals surface area contributed by atoms with Crippen LogP contribution in [0.15, 0.2) is 93.0 Å². The lowest BCUT2D eigenvalue weighted by molar-refractivity contribution is -0.274. The van der Waals surface area contributed by atoms with E-state index in [-0.39, 0.29) is 17.5 Å². The van der Waals surface area contributed by atoms with Crippen molar-refractivity contribution in [3.05, 3.63) is 89.5 Å². The Hall–Kier alpha value is -4.45. The maximum atomic E-state index is 12.4. The van der Waals surface area contributed by atoms with Crippen LogP contribution < -0.4 is 15.4 Å². The van der Waals surface area contributed by atoms with Crippen molar-refractivity contribution in [1.29, 1.82) is 0 Å². The quantitative estimate of drug-likeness (QED) is 0.246. The van der Waals surface area contributed by atoms with Gasteiger partial charge in [0, 0.05) is 5.56 Å². The van der Waals surface area contributed by atoms with Gasteiger partial charge in [0.15, 0.2) is 5.17 Å². The summed E-state index contributed by atoms with van der Waals surface area (Å²) >= 11 is 1.33. The first kappa shape index (κ1) is 26.6. The normalized spacial score (nSPS) is 15.8. The Morgan fingerprint density at radius 1 is 1.05 bits per heavy atom. The van der Waals surface area contributed by atoms with Crippen molar-refractivity contribution in [2.24, 2.45) is 25.9 Å². The van der Waals surface area contributed by atoms with Crippen LogP contribution in [0.5, 0.6) is 5.75 Å². The number of alkyl halides is 3. The Morgan fingerprint density at radius 3 is 2.45 bits per heavy atom. The second kappa shape index (κ2) is 11.7. The van der Waals surface area contributed by atoms with Gasteiger partial charge in [-0.2, -0.15) is 5.10 Å². The summed E-state index contributed by atoms with van der Waals surface area (Å²) in [5.41, 5.74) is 9.53. The van der Waals surface area contributed by atoms with Crippen LogP contribution in [0.2, 0.25) is 0 Å². The average molecular weight is 539 g/mol. The van der Waals surface area contributed by atoms with Crippen molar-refractivity contribution in [1.82, 2.24) is 0 Å². The third-order valence-corrected chi connectivity index (χ3v) is 6.07. The van der Waals surface area contributed by atoms with Gasteiger partial charge in [0.05, 0.1) is 23.3 Å². The molecule has 2 N–H and O–H groups in total. The highest BCUT2D eigenvalue weighted by molar-refractivity contribution is 8.15. The van der Waals surface area contributed by atoms with Crippen molar-refractivity contribution in [3.63, 3.8) is 0 Å². The van der Waals surface area contributed by atoms with E-state index in [2.05, 4.69) is 24.9 Å². The van der Waals surface area contributed by atoms with E-state index in [0.717, 1.165) is 28.9 Å². The number of nitrogens with two attached hydrogens (primary N) is 1. The number of carbonyl (C=O) groups is 1. The fraction of sp³-hybridized carbons (Fsp3) is 0.115. The van der Waals surface area contributed by atoms with E-state index >= 15 is 0 Å². The lowest BCUT2D eigenvalue weighted by Gasteiger charge is -2.17. The number of nitrogens with zero attached hydrogens (tertiary/aromatic N) is 5. The van der Waals surface area contributed by atoms with E-state index in [0.29, 0.717) is 22.2 Å². The Balaban J connectivity index is 1.38. The number of rotatable bonds is 7. The van der Waals surface area contributed by atoms with E-state index in [4.69, 9.17) is 5.73 Å². The van der Waals surface area contributed by atoms with Gasteiger partial charge >= 0.3 is 6.36 Å². The van der Waals surface area contributed by atoms with Crippen LogP contribution in [0.3, 0.4) is 0 Å². The number of ether oxygens (including phenoxy) is 1. The van der Waals surface area contributed by atoms with E-state index in [1.54, 1.807) is 35.4 Å². The SMILES string of the molecule is Cc1ccccc1N1C(=O)CS/C1=N/N=C\c1ccc(C(N)=NC=Nc2ccc(OC(F)(F)F)cc2)cc1. The minimum Gasteiger partial charge on any atom is -0.406 e. The zero-order chi connectivity index (χ0) is 27.1. The summed E-state index contributed by atoms with van der Waals surface area (Å²) in [6.07, 6.45) is -1.98. The van der Waals surface area contributed by atoms with Crippen LogP contribution in [0.4, 0.5) is 24.5 Å². The number of aliphatic imine (C=N–C) groups is 2. The zero-order valence-corrected chi connectivity index (χ0v) is 20.8. The molecule has 1 amide bonds. The number of aryl methyl sites for hydroxylation is 1. The van der Waals surface area contributed by atoms with Gasteiger partial charge in [-0.25, -0.2) is 9.98 Å². The molecule has 194 valence electrons. The van der Waals surface area contributed by atoms with Gasteiger partial charge in [0.2, 0.25) is 5.91 Å². The Labute approximate surface area is 220 Å². The molecule has 1 aliphatic heterocycles. The van der Waals surface area contributed by atoms with Crippen molar-refractivity contribution in [2.75, 3.05) is 10.7 Å². The summed E-state index contributed by atoms with van der Waals surface area (Å²) in [5.74, 6) is 0.114. The summed E-state index contributed by atoms with van der Waals surface area (Å²) in [6, 6.07) is 19.7. The molecule has 0 bridgehead atoms. The summed E-state index contributed by atoms with van der Waals surface area (Å²) in [5, 5.41) is 8.89. The van der Waals surface area contributed by atoms with Crippen LogP contribution in [-0.2, 0) is 4.79 Å². The molecule has 0 unspecified atom stereocenters. The molecule has 1 aliphatic rings. The summed E-state index contributed by atoms with van der Waals surface area (Å²) in [6.45, 7) is 1.93. The number of hydrogen-bond donors (Lipinski definition) is 1. The second-order valence-corrected chi connectivity index (χ2v) is 8.80. The molecule has 1 heterocycles. The van der Waals surface area contributed by atoms with Gasteiger partial charge in [0.25, 0.3) is 0 Å². The monoisotopic (exact) mass is 538 g/mol. The fourth-order valence-electron chi connectivity index (χ4n) is 3.34. The molecule has 3 aromatic carbocycles. The van der Waals surface area contributed by atoms with E-state index in [1.807, 2.05) is 31.2 Å². The summed E-state index contributed by atoms with van der Waals surface area (Å²) in [7, 11) is 0. The predicted molar refractivity (Wildman–Crippen MR) is 145 cm³/mol. The molecule has 38 heavy (non-hydrogen) atoms. The molecule has 0 aromatic heterocycles. The number of amidine groups is 2. The molecule has 0 atom stereocenters. The van der Waals surface area contributed by atoms with Crippen molar-refractivity contribution in [3.8, 4) is 5.75 Å². The van der Waals surface area contributed by atoms with Gasteiger partial charge in [-0.15, -0.1) is 18.3 Å². The Bertz CT molecular complexity index is 1420. The fourth-order valence-corrected chi connectivity index (χ4v) is 4.15. The molecule has 0 saturated carbocycles. The summed E-state index contributed by atoms with van der Waals surface area (Å²) in [4.78, 5) is 22.1. The molecule has 3 aromatic rings. The van der Waals surface area contributed by atoms with Crippen molar-refractivity contribution >= 4 is 52.6 Å². The average Bonchev–Trinajstić information content (AvgIpc) is 3.24. The molecule has 0 radical (unpaired) electrons. The number of thioether (sulfide) groups is 1. The second-order valence-electron chi connectivity index (χ2n) is 7.85. The van der Waals surface area contributed by atoms with E-state index in [1.165, 1.54) is 30.2 Å².